The smallest absolute Gasteiger partial charge is 0.262 e. The van der Waals surface area contributed by atoms with E-state index in [2.05, 4.69) is 10.0 Å². The minimum absolute atomic E-state index is 0.0346. The lowest BCUT2D eigenvalue weighted by molar-refractivity contribution is -0.118. The Kier molecular flexibility index (Phi) is 7.44. The van der Waals surface area contributed by atoms with E-state index in [1.54, 1.807) is 55.5 Å². The van der Waals surface area contributed by atoms with Gasteiger partial charge in [0, 0.05) is 5.69 Å². The molecule has 174 valence electrons. The van der Waals surface area contributed by atoms with Crippen molar-refractivity contribution in [1.82, 2.24) is 0 Å². The fourth-order valence-electron chi connectivity index (χ4n) is 3.13. The molecule has 0 bridgehead atoms. The summed E-state index contributed by atoms with van der Waals surface area (Å²) in [6, 6.07) is 16.7. The Morgan fingerprint density at radius 1 is 0.879 bits per heavy atom. The zero-order valence-electron chi connectivity index (χ0n) is 18.8. The van der Waals surface area contributed by atoms with Crippen LogP contribution in [0.4, 0.5) is 11.4 Å². The van der Waals surface area contributed by atoms with Crippen LogP contribution in [0.3, 0.4) is 0 Å². The van der Waals surface area contributed by atoms with Crippen LogP contribution in [0.5, 0.6) is 17.2 Å². The minimum atomic E-state index is -3.93. The highest BCUT2D eigenvalue weighted by atomic mass is 32.2. The van der Waals surface area contributed by atoms with Crippen LogP contribution in [0.2, 0.25) is 0 Å². The van der Waals surface area contributed by atoms with Crippen LogP contribution >= 0.6 is 0 Å². The molecule has 33 heavy (non-hydrogen) atoms. The van der Waals surface area contributed by atoms with E-state index in [0.29, 0.717) is 34.2 Å². The van der Waals surface area contributed by atoms with E-state index in [0.717, 1.165) is 5.56 Å². The van der Waals surface area contributed by atoms with E-state index in [1.165, 1.54) is 20.3 Å². The maximum atomic E-state index is 13.0. The number of nitrogens with one attached hydrogen (secondary N) is 2. The predicted octanol–water partition coefficient (Wildman–Crippen LogP) is 4.14. The van der Waals surface area contributed by atoms with Crippen LogP contribution in [-0.2, 0) is 14.8 Å². The molecule has 3 rings (SSSR count). The molecule has 3 aromatic carbocycles. The maximum Gasteiger partial charge on any atom is 0.262 e. The quantitative estimate of drug-likeness (QED) is 0.487. The number of sulfonamides is 1. The van der Waals surface area contributed by atoms with Crippen molar-refractivity contribution in [1.29, 1.82) is 0 Å². The Bertz CT molecular complexity index is 1260. The largest absolute Gasteiger partial charge is 0.495 e. The molecule has 0 aliphatic heterocycles. The van der Waals surface area contributed by atoms with Gasteiger partial charge in [-0.25, -0.2) is 8.42 Å². The van der Waals surface area contributed by atoms with Gasteiger partial charge in [0.15, 0.2) is 18.1 Å². The molecule has 0 aliphatic rings. The van der Waals surface area contributed by atoms with Crippen molar-refractivity contribution in [3.63, 3.8) is 0 Å². The molecule has 0 heterocycles. The molecule has 1 amide bonds. The molecular formula is C24H26N2O6S. The number of amides is 1. The number of aryl methyl sites for hydroxylation is 2. The Labute approximate surface area is 193 Å². The third kappa shape index (κ3) is 5.95. The van der Waals surface area contributed by atoms with Crippen LogP contribution < -0.4 is 24.2 Å². The van der Waals surface area contributed by atoms with Crippen LogP contribution in [0, 0.1) is 13.8 Å². The SMILES string of the molecule is COc1ccccc1NS(=O)(=O)c1cc(NC(=O)COc2ccc(C)cc2OC)ccc1C. The molecule has 9 heteroatoms. The van der Waals surface area contributed by atoms with Gasteiger partial charge in [0.25, 0.3) is 15.9 Å². The number of methoxy groups -OCH3 is 2. The van der Waals surface area contributed by atoms with Gasteiger partial charge in [-0.3, -0.25) is 9.52 Å². The Morgan fingerprint density at radius 3 is 2.33 bits per heavy atom. The molecule has 0 aliphatic carbocycles. The van der Waals surface area contributed by atoms with E-state index >= 15 is 0 Å². The lowest BCUT2D eigenvalue weighted by Crippen LogP contribution is -2.21. The summed E-state index contributed by atoms with van der Waals surface area (Å²) in [5, 5.41) is 2.67. The van der Waals surface area contributed by atoms with E-state index in [1.807, 2.05) is 13.0 Å². The maximum absolute atomic E-state index is 13.0. The molecule has 0 radical (unpaired) electrons. The number of carbonyl (C=O) groups is 1. The monoisotopic (exact) mass is 470 g/mol. The normalized spacial score (nSPS) is 10.9. The molecule has 0 unspecified atom stereocenters. The van der Waals surface area contributed by atoms with Gasteiger partial charge in [0.2, 0.25) is 0 Å². The topological polar surface area (TPSA) is 103 Å². The van der Waals surface area contributed by atoms with Gasteiger partial charge in [-0.15, -0.1) is 0 Å². The summed E-state index contributed by atoms with van der Waals surface area (Å²) < 4.78 is 44.6. The minimum Gasteiger partial charge on any atom is -0.495 e. The fraction of sp³-hybridized carbons (Fsp3) is 0.208. The first-order valence-corrected chi connectivity index (χ1v) is 11.6. The van der Waals surface area contributed by atoms with Crippen molar-refractivity contribution >= 4 is 27.3 Å². The number of hydrogen-bond donors (Lipinski definition) is 2. The Morgan fingerprint density at radius 2 is 1.61 bits per heavy atom. The summed E-state index contributed by atoms with van der Waals surface area (Å²) in [5.41, 5.74) is 2.16. The third-order valence-electron chi connectivity index (χ3n) is 4.79. The second-order valence-electron chi connectivity index (χ2n) is 7.28. The molecular weight excluding hydrogens is 444 g/mol. The van der Waals surface area contributed by atoms with Crippen LogP contribution in [0.15, 0.2) is 65.6 Å². The first kappa shape index (κ1) is 23.9. The van der Waals surface area contributed by atoms with Gasteiger partial charge in [-0.1, -0.05) is 24.3 Å². The van der Waals surface area contributed by atoms with E-state index < -0.39 is 15.9 Å². The molecule has 0 atom stereocenters. The number of ether oxygens (including phenoxy) is 3. The number of benzene rings is 3. The van der Waals surface area contributed by atoms with Gasteiger partial charge in [0.1, 0.15) is 5.75 Å². The van der Waals surface area contributed by atoms with Crippen molar-refractivity contribution in [2.75, 3.05) is 30.9 Å². The van der Waals surface area contributed by atoms with Gasteiger partial charge in [-0.05, 0) is 61.4 Å². The number of anilines is 2. The van der Waals surface area contributed by atoms with Crippen LogP contribution in [0.1, 0.15) is 11.1 Å². The molecule has 0 saturated heterocycles. The average Bonchev–Trinajstić information content (AvgIpc) is 2.79. The zero-order chi connectivity index (χ0) is 24.0. The van der Waals surface area contributed by atoms with Crippen molar-refractivity contribution < 1.29 is 27.4 Å². The van der Waals surface area contributed by atoms with Crippen molar-refractivity contribution in [3.05, 3.63) is 71.8 Å². The molecule has 0 saturated carbocycles. The molecule has 8 nitrogen and oxygen atoms in total. The van der Waals surface area contributed by atoms with Crippen LogP contribution in [-0.4, -0.2) is 35.2 Å². The number of rotatable bonds is 9. The summed E-state index contributed by atoms with van der Waals surface area (Å²) >= 11 is 0. The summed E-state index contributed by atoms with van der Waals surface area (Å²) in [6.45, 7) is 3.33. The van der Waals surface area contributed by atoms with Crippen molar-refractivity contribution in [2.24, 2.45) is 0 Å². The second kappa shape index (κ2) is 10.3. The van der Waals surface area contributed by atoms with Gasteiger partial charge in [-0.2, -0.15) is 0 Å². The standard InChI is InChI=1S/C24H26N2O6S/c1-16-9-12-21(22(13-16)31-4)32-15-24(27)25-18-11-10-17(2)23(14-18)33(28,29)26-19-7-5-6-8-20(19)30-3/h5-14,26H,15H2,1-4H3,(H,25,27). The lowest BCUT2D eigenvalue weighted by atomic mass is 10.2. The summed E-state index contributed by atoms with van der Waals surface area (Å²) in [6.07, 6.45) is 0. The Balaban J connectivity index is 1.74. The first-order chi connectivity index (χ1) is 15.7. The van der Waals surface area contributed by atoms with Gasteiger partial charge >= 0.3 is 0 Å². The third-order valence-corrected chi connectivity index (χ3v) is 6.30. The average molecular weight is 471 g/mol. The molecule has 3 aromatic rings. The fourth-order valence-corrected chi connectivity index (χ4v) is 4.47. The van der Waals surface area contributed by atoms with Crippen LogP contribution in [0.25, 0.3) is 0 Å². The summed E-state index contributed by atoms with van der Waals surface area (Å²) in [4.78, 5) is 12.4. The number of hydrogen-bond acceptors (Lipinski definition) is 6. The number of para-hydroxylation sites is 2. The molecule has 0 spiro atoms. The Hall–Kier alpha value is -3.72. The first-order valence-electron chi connectivity index (χ1n) is 10.1. The molecule has 0 fully saturated rings. The molecule has 0 aromatic heterocycles. The molecule has 2 N–H and O–H groups in total. The highest BCUT2D eigenvalue weighted by molar-refractivity contribution is 7.92. The number of carbonyl (C=O) groups excluding carboxylic acids is 1. The van der Waals surface area contributed by atoms with Gasteiger partial charge in [0.05, 0.1) is 24.8 Å². The highest BCUT2D eigenvalue weighted by Crippen LogP contribution is 2.29. The summed E-state index contributed by atoms with van der Waals surface area (Å²) in [7, 11) is -0.948. The zero-order valence-corrected chi connectivity index (χ0v) is 19.7. The van der Waals surface area contributed by atoms with E-state index in [4.69, 9.17) is 14.2 Å². The predicted molar refractivity (Wildman–Crippen MR) is 127 cm³/mol. The van der Waals surface area contributed by atoms with Crippen molar-refractivity contribution in [2.45, 2.75) is 18.7 Å². The highest BCUT2D eigenvalue weighted by Gasteiger charge is 2.20. The second-order valence-corrected chi connectivity index (χ2v) is 8.93. The van der Waals surface area contributed by atoms with Gasteiger partial charge < -0.3 is 19.5 Å². The van der Waals surface area contributed by atoms with Crippen molar-refractivity contribution in [3.8, 4) is 17.2 Å². The lowest BCUT2D eigenvalue weighted by Gasteiger charge is -2.15. The van der Waals surface area contributed by atoms with E-state index in [-0.39, 0.29) is 11.5 Å². The van der Waals surface area contributed by atoms with E-state index in [9.17, 15) is 13.2 Å². The summed E-state index contributed by atoms with van der Waals surface area (Å²) in [5.74, 6) is 0.912.